The molecule has 188 valence electrons. The Labute approximate surface area is 221 Å². The van der Waals surface area contributed by atoms with Gasteiger partial charge in [0.25, 0.3) is 5.91 Å². The van der Waals surface area contributed by atoms with E-state index in [1.807, 2.05) is 66.2 Å². The highest BCUT2D eigenvalue weighted by Gasteiger charge is 2.34. The van der Waals surface area contributed by atoms with Gasteiger partial charge >= 0.3 is 0 Å². The number of hydrogen-bond donors (Lipinski definition) is 2. The third kappa shape index (κ3) is 5.39. The van der Waals surface area contributed by atoms with Gasteiger partial charge in [-0.15, -0.1) is 5.10 Å². The van der Waals surface area contributed by atoms with Crippen LogP contribution in [0, 0.1) is 0 Å². The zero-order valence-corrected chi connectivity index (χ0v) is 21.9. The summed E-state index contributed by atoms with van der Waals surface area (Å²) in [4.78, 5) is 18.3. The third-order valence-corrected chi connectivity index (χ3v) is 7.25. The van der Waals surface area contributed by atoms with E-state index in [1.54, 1.807) is 18.9 Å². The van der Waals surface area contributed by atoms with Gasteiger partial charge in [0.1, 0.15) is 11.8 Å². The molecule has 0 aliphatic carbocycles. The molecular weight excluding hydrogens is 482 g/mol. The van der Waals surface area contributed by atoms with Crippen molar-refractivity contribution < 1.29 is 9.53 Å². The number of thioether (sulfide) groups is 1. The van der Waals surface area contributed by atoms with E-state index in [0.717, 1.165) is 40.4 Å². The Kier molecular flexibility index (Phi) is 7.28. The zero-order chi connectivity index (χ0) is 25.8. The first-order valence-electron chi connectivity index (χ1n) is 12.2. The second-order valence-electron chi connectivity index (χ2n) is 8.78. The maximum Gasteiger partial charge on any atom is 0.255 e. The molecule has 0 saturated heterocycles. The lowest BCUT2D eigenvalue weighted by Gasteiger charge is -2.28. The van der Waals surface area contributed by atoms with Gasteiger partial charge in [-0.2, -0.15) is 4.98 Å². The third-order valence-electron chi connectivity index (χ3n) is 6.34. The van der Waals surface area contributed by atoms with Gasteiger partial charge < -0.3 is 15.4 Å². The fourth-order valence-corrected chi connectivity index (χ4v) is 5.10. The number of ether oxygens (including phenoxy) is 1. The number of aryl methyl sites for hydroxylation is 1. The van der Waals surface area contributed by atoms with Crippen molar-refractivity contribution in [1.29, 1.82) is 0 Å². The van der Waals surface area contributed by atoms with Crippen LogP contribution in [0.5, 0.6) is 5.75 Å². The van der Waals surface area contributed by atoms with Crippen LogP contribution in [0.1, 0.15) is 36.6 Å². The van der Waals surface area contributed by atoms with Crippen molar-refractivity contribution in [3.05, 3.63) is 107 Å². The number of anilines is 2. The van der Waals surface area contributed by atoms with Gasteiger partial charge in [-0.3, -0.25) is 4.79 Å². The molecule has 2 N–H and O–H groups in total. The van der Waals surface area contributed by atoms with Gasteiger partial charge in [0, 0.05) is 17.1 Å². The van der Waals surface area contributed by atoms with Crippen LogP contribution < -0.4 is 15.4 Å². The highest BCUT2D eigenvalue weighted by molar-refractivity contribution is 7.98. The molecular formula is C29H29N5O2S. The Morgan fingerprint density at radius 1 is 1.03 bits per heavy atom. The van der Waals surface area contributed by atoms with E-state index in [-0.39, 0.29) is 5.91 Å². The average molecular weight is 512 g/mol. The van der Waals surface area contributed by atoms with Gasteiger partial charge in [0.15, 0.2) is 0 Å². The molecule has 2 heterocycles. The molecule has 1 amide bonds. The molecule has 3 aromatic carbocycles. The summed E-state index contributed by atoms with van der Waals surface area (Å²) in [6.07, 6.45) is 0.948. The summed E-state index contributed by atoms with van der Waals surface area (Å²) in [5.41, 5.74) is 5.47. The summed E-state index contributed by atoms with van der Waals surface area (Å²) in [7, 11) is 1.66. The molecule has 0 unspecified atom stereocenters. The van der Waals surface area contributed by atoms with E-state index in [9.17, 15) is 4.79 Å². The molecule has 1 aliphatic heterocycles. The first-order valence-corrected chi connectivity index (χ1v) is 13.2. The number of para-hydroxylation sites is 1. The van der Waals surface area contributed by atoms with Crippen molar-refractivity contribution in [2.24, 2.45) is 0 Å². The van der Waals surface area contributed by atoms with Crippen molar-refractivity contribution >= 4 is 29.3 Å². The number of carbonyl (C=O) groups excluding carboxylic acids is 1. The molecule has 1 aliphatic rings. The quantitative estimate of drug-likeness (QED) is 0.280. The number of aromatic nitrogens is 3. The van der Waals surface area contributed by atoms with E-state index in [0.29, 0.717) is 16.7 Å². The average Bonchev–Trinajstić information content (AvgIpc) is 3.34. The van der Waals surface area contributed by atoms with Gasteiger partial charge in [0.05, 0.1) is 12.7 Å². The minimum atomic E-state index is -0.409. The van der Waals surface area contributed by atoms with Gasteiger partial charge in [-0.05, 0) is 54.3 Å². The van der Waals surface area contributed by atoms with Crippen LogP contribution in [0.3, 0.4) is 0 Å². The normalized spacial score (nSPS) is 14.6. The van der Waals surface area contributed by atoms with Gasteiger partial charge in [-0.25, -0.2) is 4.68 Å². The highest BCUT2D eigenvalue weighted by Crippen LogP contribution is 2.37. The Bertz CT molecular complexity index is 1410. The number of methoxy groups -OCH3 is 1. The Hall–Kier alpha value is -4.04. The molecule has 8 heteroatoms. The van der Waals surface area contributed by atoms with Crippen LogP contribution in [-0.2, 0) is 17.0 Å². The molecule has 0 fully saturated rings. The van der Waals surface area contributed by atoms with Gasteiger partial charge in [-0.1, -0.05) is 73.3 Å². The fourth-order valence-electron chi connectivity index (χ4n) is 4.32. The van der Waals surface area contributed by atoms with E-state index >= 15 is 0 Å². The Morgan fingerprint density at radius 2 is 1.73 bits per heavy atom. The Morgan fingerprint density at radius 3 is 2.41 bits per heavy atom. The zero-order valence-electron chi connectivity index (χ0n) is 21.1. The largest absolute Gasteiger partial charge is 0.497 e. The number of nitrogens with zero attached hydrogens (tertiary/aromatic N) is 3. The molecule has 0 saturated carbocycles. The van der Waals surface area contributed by atoms with E-state index in [1.165, 1.54) is 5.56 Å². The second kappa shape index (κ2) is 10.9. The van der Waals surface area contributed by atoms with E-state index < -0.39 is 6.04 Å². The summed E-state index contributed by atoms with van der Waals surface area (Å²) in [5, 5.41) is 11.8. The monoisotopic (exact) mass is 511 g/mol. The van der Waals surface area contributed by atoms with Crippen LogP contribution in [0.2, 0.25) is 0 Å². The van der Waals surface area contributed by atoms with Crippen molar-refractivity contribution in [3.63, 3.8) is 0 Å². The van der Waals surface area contributed by atoms with E-state index in [2.05, 4.69) is 41.8 Å². The molecule has 4 aromatic rings. The molecule has 7 nitrogen and oxygen atoms in total. The minimum Gasteiger partial charge on any atom is -0.497 e. The predicted octanol–water partition coefficient (Wildman–Crippen LogP) is 6.07. The molecule has 5 rings (SSSR count). The number of rotatable bonds is 8. The fraction of sp³-hybridized carbons (Fsp3) is 0.207. The number of hydrogen-bond acceptors (Lipinski definition) is 6. The Balaban J connectivity index is 1.46. The minimum absolute atomic E-state index is 0.172. The number of nitrogens with one attached hydrogen (secondary N) is 2. The standard InChI is InChI=1S/C29H29N5O2S/c1-4-20-10-14-22(15-11-20)26-25(27(35)31-23-8-6-5-7-9-23)19(2)30-28-32-29(33-34(26)28)37-18-21-12-16-24(36-3)17-13-21/h5-17,26H,4,18H2,1-3H3,(H,31,35)(H,30,32,33)/t26-/m0/s1. The number of allylic oxidation sites excluding steroid dienone is 1. The maximum absolute atomic E-state index is 13.6. The van der Waals surface area contributed by atoms with Crippen molar-refractivity contribution in [3.8, 4) is 5.75 Å². The van der Waals surface area contributed by atoms with Crippen LogP contribution in [0.15, 0.2) is 95.3 Å². The number of amides is 1. The van der Waals surface area contributed by atoms with Crippen LogP contribution in [0.25, 0.3) is 0 Å². The summed E-state index contributed by atoms with van der Waals surface area (Å²) in [6.45, 7) is 4.04. The van der Waals surface area contributed by atoms with Crippen molar-refractivity contribution in [2.75, 3.05) is 17.7 Å². The second-order valence-corrected chi connectivity index (χ2v) is 9.72. The number of benzene rings is 3. The van der Waals surface area contributed by atoms with Crippen LogP contribution >= 0.6 is 11.8 Å². The van der Waals surface area contributed by atoms with Crippen LogP contribution in [-0.4, -0.2) is 27.8 Å². The summed E-state index contributed by atoms with van der Waals surface area (Å²) in [5.74, 6) is 2.00. The summed E-state index contributed by atoms with van der Waals surface area (Å²) in [6, 6.07) is 25.4. The SMILES string of the molecule is CCc1ccc([C@H]2C(C(=O)Nc3ccccc3)=C(C)Nc3nc(SCc4ccc(OC)cc4)nn32)cc1. The molecule has 1 atom stereocenters. The smallest absolute Gasteiger partial charge is 0.255 e. The van der Waals surface area contributed by atoms with Gasteiger partial charge in [0.2, 0.25) is 11.1 Å². The number of carbonyl (C=O) groups is 1. The topological polar surface area (TPSA) is 81.1 Å². The number of fused-ring (bicyclic) bond motifs is 1. The first kappa shape index (κ1) is 24.6. The molecule has 0 spiro atoms. The lowest BCUT2D eigenvalue weighted by Crippen LogP contribution is -2.31. The van der Waals surface area contributed by atoms with Crippen molar-refractivity contribution in [1.82, 2.24) is 14.8 Å². The summed E-state index contributed by atoms with van der Waals surface area (Å²) >= 11 is 1.55. The summed E-state index contributed by atoms with van der Waals surface area (Å²) < 4.78 is 7.08. The highest BCUT2D eigenvalue weighted by atomic mass is 32.2. The molecule has 0 bridgehead atoms. The van der Waals surface area contributed by atoms with Crippen LogP contribution in [0.4, 0.5) is 11.6 Å². The maximum atomic E-state index is 13.6. The van der Waals surface area contributed by atoms with Crippen molar-refractivity contribution in [2.45, 2.75) is 37.2 Å². The lowest BCUT2D eigenvalue weighted by molar-refractivity contribution is -0.113. The molecule has 0 radical (unpaired) electrons. The predicted molar refractivity (Wildman–Crippen MR) is 148 cm³/mol. The first-order chi connectivity index (χ1) is 18.1. The van der Waals surface area contributed by atoms with E-state index in [4.69, 9.17) is 14.8 Å². The molecule has 37 heavy (non-hydrogen) atoms. The molecule has 1 aromatic heterocycles. The lowest BCUT2D eigenvalue weighted by atomic mass is 9.94.